The predicted molar refractivity (Wildman–Crippen MR) is 89.0 cm³/mol. The van der Waals surface area contributed by atoms with Crippen LogP contribution >= 0.6 is 0 Å². The van der Waals surface area contributed by atoms with Crippen molar-refractivity contribution in [3.8, 4) is 5.88 Å². The number of nitrogens with one attached hydrogen (secondary N) is 2. The third kappa shape index (κ3) is 4.09. The van der Waals surface area contributed by atoms with E-state index < -0.39 is 0 Å². The maximum Gasteiger partial charge on any atom is 0.244 e. The highest BCUT2D eigenvalue weighted by atomic mass is 16.5. The number of H-pyrrole nitrogens is 1. The molecule has 0 unspecified atom stereocenters. The number of aromatic nitrogens is 3. The topological polar surface area (TPSA) is 79.9 Å². The third-order valence-corrected chi connectivity index (χ3v) is 3.70. The number of hydrogen-bond acceptors (Lipinski definition) is 4. The molecule has 1 aliphatic rings. The Balaban J connectivity index is 1.75. The van der Waals surface area contributed by atoms with Crippen LogP contribution in [-0.4, -0.2) is 34.0 Å². The number of amides is 1. The lowest BCUT2D eigenvalue weighted by Crippen LogP contribution is -2.23. The molecule has 0 saturated heterocycles. The summed E-state index contributed by atoms with van der Waals surface area (Å²) in [6.07, 6.45) is 9.05. The summed E-state index contributed by atoms with van der Waals surface area (Å²) in [7, 11) is 0. The van der Waals surface area contributed by atoms with E-state index in [2.05, 4.69) is 34.1 Å². The summed E-state index contributed by atoms with van der Waals surface area (Å²) in [5, 5.41) is 3.72. The Kier molecular flexibility index (Phi) is 4.60. The number of fused-ring (bicyclic) bond motifs is 1. The fourth-order valence-corrected chi connectivity index (χ4v) is 2.24. The molecule has 1 fully saturated rings. The van der Waals surface area contributed by atoms with Gasteiger partial charge in [-0.15, -0.1) is 0 Å². The summed E-state index contributed by atoms with van der Waals surface area (Å²) < 4.78 is 5.77. The largest absolute Gasteiger partial charge is 0.477 e. The van der Waals surface area contributed by atoms with Crippen LogP contribution in [0.2, 0.25) is 0 Å². The van der Waals surface area contributed by atoms with Gasteiger partial charge in [-0.1, -0.05) is 13.8 Å². The lowest BCUT2D eigenvalue weighted by atomic mass is 10.2. The first-order chi connectivity index (χ1) is 11.1. The molecular formula is C17H22N4O2. The van der Waals surface area contributed by atoms with Crippen molar-refractivity contribution >= 4 is 23.0 Å². The molecule has 2 aromatic rings. The molecule has 0 aromatic carbocycles. The maximum atomic E-state index is 11.8. The van der Waals surface area contributed by atoms with E-state index in [1.807, 2.05) is 6.20 Å². The van der Waals surface area contributed by atoms with Gasteiger partial charge >= 0.3 is 0 Å². The Bertz CT molecular complexity index is 716. The number of hydrogen-bond donors (Lipinski definition) is 2. The van der Waals surface area contributed by atoms with Crippen LogP contribution in [0.3, 0.4) is 0 Å². The molecule has 1 saturated carbocycles. The van der Waals surface area contributed by atoms with Gasteiger partial charge in [0.2, 0.25) is 11.8 Å². The molecule has 0 spiro atoms. The van der Waals surface area contributed by atoms with Gasteiger partial charge in [-0.2, -0.15) is 0 Å². The van der Waals surface area contributed by atoms with Crippen LogP contribution < -0.4 is 10.1 Å². The fourth-order valence-electron chi connectivity index (χ4n) is 2.24. The summed E-state index contributed by atoms with van der Waals surface area (Å²) in [5.74, 6) is 1.55. The highest BCUT2D eigenvalue weighted by Gasteiger charge is 2.21. The van der Waals surface area contributed by atoms with Gasteiger partial charge in [0.25, 0.3) is 0 Å². The van der Waals surface area contributed by atoms with Crippen molar-refractivity contribution < 1.29 is 9.53 Å². The van der Waals surface area contributed by atoms with Crippen molar-refractivity contribution in [2.75, 3.05) is 13.2 Å². The van der Waals surface area contributed by atoms with Crippen LogP contribution in [0.4, 0.5) is 0 Å². The van der Waals surface area contributed by atoms with E-state index in [1.165, 1.54) is 19.2 Å². The van der Waals surface area contributed by atoms with Crippen LogP contribution in [0, 0.1) is 11.8 Å². The quantitative estimate of drug-likeness (QED) is 0.770. The van der Waals surface area contributed by atoms with Crippen LogP contribution in [-0.2, 0) is 4.79 Å². The smallest absolute Gasteiger partial charge is 0.244 e. The first-order valence-electron chi connectivity index (χ1n) is 8.04. The molecule has 6 heteroatoms. The van der Waals surface area contributed by atoms with E-state index in [9.17, 15) is 4.79 Å². The van der Waals surface area contributed by atoms with Gasteiger partial charge in [0.05, 0.1) is 12.0 Å². The number of carbonyl (C=O) groups excluding carboxylic acids is 1. The van der Waals surface area contributed by atoms with E-state index in [0.717, 1.165) is 17.5 Å². The van der Waals surface area contributed by atoms with Gasteiger partial charge in [-0.3, -0.25) is 4.79 Å². The third-order valence-electron chi connectivity index (χ3n) is 3.70. The van der Waals surface area contributed by atoms with Gasteiger partial charge < -0.3 is 15.0 Å². The van der Waals surface area contributed by atoms with Crippen LogP contribution in [0.1, 0.15) is 32.3 Å². The number of rotatable bonds is 7. The second-order valence-electron chi connectivity index (χ2n) is 6.37. The van der Waals surface area contributed by atoms with Gasteiger partial charge in [0.15, 0.2) is 0 Å². The number of aromatic amines is 1. The minimum Gasteiger partial charge on any atom is -0.477 e. The van der Waals surface area contributed by atoms with Gasteiger partial charge in [0, 0.05) is 24.4 Å². The highest BCUT2D eigenvalue weighted by molar-refractivity contribution is 5.96. The maximum absolute atomic E-state index is 11.8. The second kappa shape index (κ2) is 6.81. The molecule has 0 radical (unpaired) electrons. The van der Waals surface area contributed by atoms with Crippen molar-refractivity contribution in [2.24, 2.45) is 11.8 Å². The summed E-state index contributed by atoms with van der Waals surface area (Å²) >= 11 is 0. The van der Waals surface area contributed by atoms with E-state index >= 15 is 0 Å². The zero-order chi connectivity index (χ0) is 16.2. The molecule has 0 atom stereocenters. The minimum absolute atomic E-state index is 0.0762. The summed E-state index contributed by atoms with van der Waals surface area (Å²) in [6.45, 7) is 5.52. The predicted octanol–water partition coefficient (Wildman–Crippen LogP) is 2.53. The molecule has 6 nitrogen and oxygen atoms in total. The van der Waals surface area contributed by atoms with Crippen LogP contribution in [0.15, 0.2) is 18.6 Å². The molecular weight excluding hydrogens is 292 g/mol. The lowest BCUT2D eigenvalue weighted by molar-refractivity contribution is -0.116. The molecule has 23 heavy (non-hydrogen) atoms. The fraction of sp³-hybridized carbons (Fsp3) is 0.471. The van der Waals surface area contributed by atoms with Crippen molar-refractivity contribution in [3.63, 3.8) is 0 Å². The van der Waals surface area contributed by atoms with E-state index in [0.29, 0.717) is 30.0 Å². The average Bonchev–Trinajstić information content (AvgIpc) is 3.27. The van der Waals surface area contributed by atoms with Gasteiger partial charge in [-0.05, 0) is 30.8 Å². The van der Waals surface area contributed by atoms with Gasteiger partial charge in [0.1, 0.15) is 12.0 Å². The molecule has 2 N–H and O–H groups in total. The number of nitrogens with zero attached hydrogens (tertiary/aromatic N) is 2. The number of carbonyl (C=O) groups is 1. The van der Waals surface area contributed by atoms with Crippen LogP contribution in [0.25, 0.3) is 17.1 Å². The highest BCUT2D eigenvalue weighted by Crippen LogP contribution is 2.28. The Labute approximate surface area is 135 Å². The lowest BCUT2D eigenvalue weighted by Gasteiger charge is -2.08. The molecule has 0 aliphatic heterocycles. The molecule has 2 aromatic heterocycles. The summed E-state index contributed by atoms with van der Waals surface area (Å²) in [5.41, 5.74) is 1.55. The molecule has 3 rings (SSSR count). The van der Waals surface area contributed by atoms with E-state index in [-0.39, 0.29) is 5.91 Å². The molecule has 2 heterocycles. The molecule has 0 bridgehead atoms. The average molecular weight is 314 g/mol. The summed E-state index contributed by atoms with van der Waals surface area (Å²) in [4.78, 5) is 23.3. The van der Waals surface area contributed by atoms with Crippen LogP contribution in [0.5, 0.6) is 5.88 Å². The molecule has 122 valence electrons. The summed E-state index contributed by atoms with van der Waals surface area (Å²) in [6, 6.07) is 0. The Hall–Kier alpha value is -2.37. The minimum atomic E-state index is -0.0762. The molecule has 1 amide bonds. The van der Waals surface area contributed by atoms with Crippen molar-refractivity contribution in [1.29, 1.82) is 0 Å². The Morgan fingerprint density at radius 2 is 2.30 bits per heavy atom. The standard InChI is InChI=1S/C17H22N4O2/c1-11(2)9-23-17-15-13(8-19-16(15)20-10-21-17)5-6-14(22)18-7-12-3-4-12/h5-6,8,10-12H,3-4,7,9H2,1-2H3,(H,18,22)(H,19,20,21). The van der Waals surface area contributed by atoms with Crippen molar-refractivity contribution in [3.05, 3.63) is 24.2 Å². The Morgan fingerprint density at radius 3 is 3.04 bits per heavy atom. The molecule has 1 aliphatic carbocycles. The SMILES string of the molecule is CC(C)COc1ncnc2[nH]cc(C=CC(=O)NCC3CC3)c12. The Morgan fingerprint density at radius 1 is 1.48 bits per heavy atom. The first-order valence-corrected chi connectivity index (χ1v) is 8.04. The van der Waals surface area contributed by atoms with Gasteiger partial charge in [-0.25, -0.2) is 9.97 Å². The number of ether oxygens (including phenoxy) is 1. The monoisotopic (exact) mass is 314 g/mol. The van der Waals surface area contributed by atoms with E-state index in [1.54, 1.807) is 12.2 Å². The van der Waals surface area contributed by atoms with E-state index in [4.69, 9.17) is 4.74 Å². The first kappa shape index (κ1) is 15.5. The van der Waals surface area contributed by atoms with Crippen molar-refractivity contribution in [1.82, 2.24) is 20.3 Å². The zero-order valence-corrected chi connectivity index (χ0v) is 13.5. The van der Waals surface area contributed by atoms with Crippen molar-refractivity contribution in [2.45, 2.75) is 26.7 Å². The zero-order valence-electron chi connectivity index (χ0n) is 13.5. The normalized spacial score (nSPS) is 14.7. The second-order valence-corrected chi connectivity index (χ2v) is 6.37.